The zero-order valence-corrected chi connectivity index (χ0v) is 16.4. The molecule has 4 rings (SSSR count). The maximum atomic E-state index is 14.7. The lowest BCUT2D eigenvalue weighted by Crippen LogP contribution is -1.95. The molecule has 0 unspecified atom stereocenters. The van der Waals surface area contributed by atoms with Gasteiger partial charge in [-0.15, -0.1) is 0 Å². The van der Waals surface area contributed by atoms with Crippen LogP contribution in [0, 0.1) is 37.1 Å². The van der Waals surface area contributed by atoms with Crippen molar-refractivity contribution in [3.63, 3.8) is 0 Å². The van der Waals surface area contributed by atoms with Crippen LogP contribution in [0.25, 0.3) is 33.4 Å². The van der Waals surface area contributed by atoms with E-state index in [0.717, 1.165) is 11.1 Å². The summed E-state index contributed by atoms with van der Waals surface area (Å²) < 4.78 is 57.6. The van der Waals surface area contributed by atoms with Crippen molar-refractivity contribution in [2.75, 3.05) is 0 Å². The van der Waals surface area contributed by atoms with Crippen molar-refractivity contribution in [2.24, 2.45) is 0 Å². The minimum Gasteiger partial charge on any atom is -0.206 e. The molecule has 0 atom stereocenters. The summed E-state index contributed by atoms with van der Waals surface area (Å²) in [6.45, 7) is 3.40. The third kappa shape index (κ3) is 3.61. The van der Waals surface area contributed by atoms with Gasteiger partial charge in [0.05, 0.1) is 0 Å². The van der Waals surface area contributed by atoms with E-state index in [1.54, 1.807) is 18.2 Å². The third-order valence-electron chi connectivity index (χ3n) is 5.20. The van der Waals surface area contributed by atoms with Crippen molar-refractivity contribution >= 4 is 0 Å². The first-order chi connectivity index (χ1) is 14.3. The van der Waals surface area contributed by atoms with Crippen LogP contribution in [-0.2, 0) is 0 Å². The average Bonchev–Trinajstić information content (AvgIpc) is 2.73. The van der Waals surface area contributed by atoms with Crippen molar-refractivity contribution in [1.82, 2.24) is 0 Å². The van der Waals surface area contributed by atoms with Gasteiger partial charge < -0.3 is 0 Å². The molecular weight excluding hydrogens is 388 g/mol. The van der Waals surface area contributed by atoms with Crippen LogP contribution in [0.5, 0.6) is 0 Å². The van der Waals surface area contributed by atoms with Gasteiger partial charge in [0.1, 0.15) is 11.6 Å². The fourth-order valence-corrected chi connectivity index (χ4v) is 3.43. The van der Waals surface area contributed by atoms with E-state index < -0.39 is 23.3 Å². The van der Waals surface area contributed by atoms with Crippen LogP contribution in [0.1, 0.15) is 11.1 Å². The summed E-state index contributed by atoms with van der Waals surface area (Å²) in [5.41, 5.74) is 3.17. The van der Waals surface area contributed by atoms with Gasteiger partial charge in [-0.2, -0.15) is 0 Å². The molecule has 0 N–H and O–H groups in total. The number of benzene rings is 4. The van der Waals surface area contributed by atoms with Crippen LogP contribution < -0.4 is 0 Å². The van der Waals surface area contributed by atoms with Gasteiger partial charge in [0.25, 0.3) is 0 Å². The van der Waals surface area contributed by atoms with Crippen LogP contribution in [0.15, 0.2) is 72.8 Å². The first-order valence-corrected chi connectivity index (χ1v) is 9.46. The normalized spacial score (nSPS) is 11.0. The Hall–Kier alpha value is -3.40. The molecule has 0 aliphatic carbocycles. The number of rotatable bonds is 3. The molecule has 0 saturated heterocycles. The Bertz CT molecular complexity index is 1240. The molecule has 0 aromatic heterocycles. The van der Waals surface area contributed by atoms with Gasteiger partial charge in [-0.3, -0.25) is 0 Å². The van der Waals surface area contributed by atoms with Crippen molar-refractivity contribution in [3.8, 4) is 33.4 Å². The molecule has 4 heteroatoms. The van der Waals surface area contributed by atoms with E-state index >= 15 is 0 Å². The lowest BCUT2D eigenvalue weighted by Gasteiger charge is -2.11. The fraction of sp³-hybridized carbons (Fsp3) is 0.0769. The van der Waals surface area contributed by atoms with Crippen molar-refractivity contribution in [2.45, 2.75) is 13.8 Å². The highest BCUT2D eigenvalue weighted by Gasteiger charge is 2.16. The van der Waals surface area contributed by atoms with Crippen molar-refractivity contribution in [1.29, 1.82) is 0 Å². The van der Waals surface area contributed by atoms with Crippen LogP contribution in [-0.4, -0.2) is 0 Å². The monoisotopic (exact) mass is 406 g/mol. The molecule has 0 radical (unpaired) electrons. The topological polar surface area (TPSA) is 0 Å². The van der Waals surface area contributed by atoms with E-state index in [1.807, 2.05) is 31.2 Å². The van der Waals surface area contributed by atoms with E-state index in [-0.39, 0.29) is 16.7 Å². The Morgan fingerprint density at radius 2 is 0.967 bits per heavy atom. The Balaban J connectivity index is 1.70. The summed E-state index contributed by atoms with van der Waals surface area (Å²) in [7, 11) is 0. The number of hydrogen-bond acceptors (Lipinski definition) is 0. The third-order valence-corrected chi connectivity index (χ3v) is 5.20. The molecular formula is C26H18F4. The first-order valence-electron chi connectivity index (χ1n) is 9.46. The first kappa shape index (κ1) is 19.9. The minimum atomic E-state index is -1.09. The number of hydrogen-bond donors (Lipinski definition) is 0. The number of aryl methyl sites for hydroxylation is 2. The van der Waals surface area contributed by atoms with Crippen LogP contribution in [0.2, 0.25) is 0 Å². The highest BCUT2D eigenvalue weighted by molar-refractivity contribution is 5.74. The molecule has 4 aromatic rings. The van der Waals surface area contributed by atoms with E-state index in [9.17, 15) is 17.6 Å². The lowest BCUT2D eigenvalue weighted by atomic mass is 9.96. The van der Waals surface area contributed by atoms with Crippen molar-refractivity contribution < 1.29 is 17.6 Å². The molecule has 0 aliphatic rings. The minimum absolute atomic E-state index is 0.0492. The Morgan fingerprint density at radius 1 is 0.467 bits per heavy atom. The molecule has 0 aliphatic heterocycles. The van der Waals surface area contributed by atoms with Gasteiger partial charge in [-0.25, -0.2) is 17.6 Å². The molecule has 0 nitrogen and oxygen atoms in total. The second-order valence-corrected chi connectivity index (χ2v) is 7.31. The molecule has 0 amide bonds. The zero-order chi connectivity index (χ0) is 21.4. The van der Waals surface area contributed by atoms with E-state index in [0.29, 0.717) is 16.7 Å². The second kappa shape index (κ2) is 7.79. The van der Waals surface area contributed by atoms with E-state index in [1.165, 1.54) is 37.3 Å². The van der Waals surface area contributed by atoms with Crippen LogP contribution >= 0.6 is 0 Å². The van der Waals surface area contributed by atoms with Gasteiger partial charge in [0.2, 0.25) is 0 Å². The van der Waals surface area contributed by atoms with E-state index in [4.69, 9.17) is 0 Å². The SMILES string of the molecule is Cc1ccc(-c2ccc(-c3ccc(-c4ccc(C)c(F)c4F)c(F)c3)cc2F)cc1. The maximum Gasteiger partial charge on any atom is 0.167 e. The van der Waals surface area contributed by atoms with Gasteiger partial charge in [0, 0.05) is 16.7 Å². The summed E-state index contributed by atoms with van der Waals surface area (Å²) in [6, 6.07) is 19.1. The highest BCUT2D eigenvalue weighted by Crippen LogP contribution is 2.33. The standard InChI is InChI=1S/C26H18F4/c1-15-3-6-17(7-4-15)20-11-8-18(13-23(20)27)19-9-12-21(24(28)14-19)22-10-5-16(2)25(29)26(22)30/h3-14H,1-2H3. The van der Waals surface area contributed by atoms with Gasteiger partial charge in [-0.1, -0.05) is 66.2 Å². The number of halogens is 4. The summed E-state index contributed by atoms with van der Waals surface area (Å²) in [5.74, 6) is -3.22. The van der Waals surface area contributed by atoms with Gasteiger partial charge in [-0.05, 0) is 48.2 Å². The second-order valence-electron chi connectivity index (χ2n) is 7.31. The summed E-state index contributed by atoms with van der Waals surface area (Å²) in [6.07, 6.45) is 0. The average molecular weight is 406 g/mol. The molecule has 0 heterocycles. The quantitative estimate of drug-likeness (QED) is 0.304. The zero-order valence-electron chi connectivity index (χ0n) is 16.4. The molecule has 0 saturated carbocycles. The van der Waals surface area contributed by atoms with Crippen LogP contribution in [0.3, 0.4) is 0 Å². The lowest BCUT2D eigenvalue weighted by molar-refractivity contribution is 0.505. The van der Waals surface area contributed by atoms with Gasteiger partial charge in [0.15, 0.2) is 11.6 Å². The molecule has 4 aromatic carbocycles. The molecule has 150 valence electrons. The van der Waals surface area contributed by atoms with Crippen LogP contribution in [0.4, 0.5) is 17.6 Å². The predicted octanol–water partition coefficient (Wildman–Crippen LogP) is 7.86. The Labute approximate surface area is 172 Å². The Kier molecular flexibility index (Phi) is 5.17. The molecule has 0 fully saturated rings. The highest BCUT2D eigenvalue weighted by atomic mass is 19.2. The largest absolute Gasteiger partial charge is 0.206 e. The predicted molar refractivity (Wildman–Crippen MR) is 112 cm³/mol. The van der Waals surface area contributed by atoms with E-state index in [2.05, 4.69) is 0 Å². The molecule has 30 heavy (non-hydrogen) atoms. The maximum absolute atomic E-state index is 14.7. The van der Waals surface area contributed by atoms with Gasteiger partial charge >= 0.3 is 0 Å². The summed E-state index contributed by atoms with van der Waals surface area (Å²) in [4.78, 5) is 0. The molecule has 0 spiro atoms. The molecule has 0 bridgehead atoms. The van der Waals surface area contributed by atoms with Crippen molar-refractivity contribution in [3.05, 3.63) is 107 Å². The smallest absolute Gasteiger partial charge is 0.167 e. The summed E-state index contributed by atoms with van der Waals surface area (Å²) >= 11 is 0. The Morgan fingerprint density at radius 3 is 1.53 bits per heavy atom. The summed E-state index contributed by atoms with van der Waals surface area (Å²) in [5, 5.41) is 0. The fourth-order valence-electron chi connectivity index (χ4n) is 3.43.